The monoisotopic (exact) mass is 279 g/mol. The first-order valence-electron chi connectivity index (χ1n) is 8.18. The third-order valence-corrected chi connectivity index (χ3v) is 4.41. The summed E-state index contributed by atoms with van der Waals surface area (Å²) >= 11 is 0. The third-order valence-electron chi connectivity index (χ3n) is 4.41. The average molecular weight is 279 g/mol. The van der Waals surface area contributed by atoms with Gasteiger partial charge in [0.05, 0.1) is 11.7 Å². The van der Waals surface area contributed by atoms with Crippen LogP contribution in [-0.4, -0.2) is 9.36 Å². The zero-order valence-electron chi connectivity index (χ0n) is 13.2. The minimum atomic E-state index is 0.0362. The molecule has 0 bridgehead atoms. The van der Waals surface area contributed by atoms with E-state index >= 15 is 0 Å². The van der Waals surface area contributed by atoms with Gasteiger partial charge in [0.2, 0.25) is 0 Å². The molecule has 0 aromatic carbocycles. The van der Waals surface area contributed by atoms with E-state index < -0.39 is 0 Å². The molecule has 4 heteroatoms. The highest BCUT2D eigenvalue weighted by Crippen LogP contribution is 2.29. The SMILES string of the molecule is CCCn1c(C(C)C)c(N)c(=O)n1C1CCCCCC1. The van der Waals surface area contributed by atoms with Gasteiger partial charge in [-0.3, -0.25) is 9.48 Å². The van der Waals surface area contributed by atoms with Gasteiger partial charge in [0, 0.05) is 6.54 Å². The minimum Gasteiger partial charge on any atom is -0.393 e. The van der Waals surface area contributed by atoms with Crippen molar-refractivity contribution in [1.29, 1.82) is 0 Å². The highest BCUT2D eigenvalue weighted by atomic mass is 16.1. The molecular formula is C16H29N3O. The molecule has 4 nitrogen and oxygen atoms in total. The average Bonchev–Trinajstić information content (AvgIpc) is 2.61. The van der Waals surface area contributed by atoms with Gasteiger partial charge in [-0.15, -0.1) is 0 Å². The lowest BCUT2D eigenvalue weighted by molar-refractivity contribution is 0.320. The molecule has 0 spiro atoms. The maximum Gasteiger partial charge on any atom is 0.290 e. The number of nitrogens with zero attached hydrogens (tertiary/aromatic N) is 2. The van der Waals surface area contributed by atoms with Crippen LogP contribution in [0, 0.1) is 0 Å². The summed E-state index contributed by atoms with van der Waals surface area (Å²) in [4.78, 5) is 12.6. The number of anilines is 1. The van der Waals surface area contributed by atoms with E-state index in [0.717, 1.165) is 31.5 Å². The van der Waals surface area contributed by atoms with Crippen LogP contribution in [0.1, 0.15) is 83.4 Å². The predicted molar refractivity (Wildman–Crippen MR) is 84.2 cm³/mol. The maximum absolute atomic E-state index is 12.6. The number of nitrogen functional groups attached to an aromatic ring is 1. The number of nitrogens with two attached hydrogens (primary N) is 1. The Labute approximate surface area is 121 Å². The highest BCUT2D eigenvalue weighted by Gasteiger charge is 2.25. The maximum atomic E-state index is 12.6. The van der Waals surface area contributed by atoms with E-state index in [9.17, 15) is 4.79 Å². The fraction of sp³-hybridized carbons (Fsp3) is 0.812. The van der Waals surface area contributed by atoms with Gasteiger partial charge in [-0.1, -0.05) is 46.5 Å². The third kappa shape index (κ3) is 2.79. The van der Waals surface area contributed by atoms with Crippen molar-refractivity contribution in [1.82, 2.24) is 9.36 Å². The highest BCUT2D eigenvalue weighted by molar-refractivity contribution is 5.43. The summed E-state index contributed by atoms with van der Waals surface area (Å²) in [6, 6.07) is 0.339. The second-order valence-electron chi connectivity index (χ2n) is 6.37. The van der Waals surface area contributed by atoms with Gasteiger partial charge in [-0.2, -0.15) is 0 Å². The largest absolute Gasteiger partial charge is 0.393 e. The van der Waals surface area contributed by atoms with Crippen LogP contribution >= 0.6 is 0 Å². The fourth-order valence-corrected chi connectivity index (χ4v) is 3.51. The van der Waals surface area contributed by atoms with E-state index in [1.807, 2.05) is 4.68 Å². The fourth-order valence-electron chi connectivity index (χ4n) is 3.51. The lowest BCUT2D eigenvalue weighted by Gasteiger charge is -2.22. The number of rotatable bonds is 4. The second kappa shape index (κ2) is 6.51. The van der Waals surface area contributed by atoms with Crippen molar-refractivity contribution in [3.63, 3.8) is 0 Å². The summed E-state index contributed by atoms with van der Waals surface area (Å²) in [7, 11) is 0. The first-order chi connectivity index (χ1) is 9.57. The quantitative estimate of drug-likeness (QED) is 0.855. The first kappa shape index (κ1) is 15.2. The summed E-state index contributed by atoms with van der Waals surface area (Å²) in [5.74, 6) is 0.293. The Balaban J connectivity index is 2.49. The molecule has 0 unspecified atom stereocenters. The summed E-state index contributed by atoms with van der Waals surface area (Å²) < 4.78 is 4.16. The number of aromatic nitrogens is 2. The molecule has 1 aliphatic rings. The van der Waals surface area contributed by atoms with Gasteiger partial charge in [0.1, 0.15) is 5.69 Å². The van der Waals surface area contributed by atoms with Crippen LogP contribution in [0.2, 0.25) is 0 Å². The Kier molecular flexibility index (Phi) is 4.95. The van der Waals surface area contributed by atoms with Gasteiger partial charge in [-0.05, 0) is 25.2 Å². The van der Waals surface area contributed by atoms with Gasteiger partial charge in [-0.25, -0.2) is 4.68 Å². The Morgan fingerprint density at radius 3 is 2.30 bits per heavy atom. The molecular weight excluding hydrogens is 250 g/mol. The molecule has 1 fully saturated rings. The van der Waals surface area contributed by atoms with Crippen LogP contribution in [0.3, 0.4) is 0 Å². The van der Waals surface area contributed by atoms with Gasteiger partial charge < -0.3 is 5.73 Å². The summed E-state index contributed by atoms with van der Waals surface area (Å²) in [5, 5.41) is 0. The molecule has 2 N–H and O–H groups in total. The van der Waals surface area contributed by atoms with Crippen LogP contribution in [0.15, 0.2) is 4.79 Å². The molecule has 1 aromatic heterocycles. The van der Waals surface area contributed by atoms with E-state index in [-0.39, 0.29) is 5.56 Å². The molecule has 1 aliphatic carbocycles. The molecule has 0 aliphatic heterocycles. The number of hydrogen-bond acceptors (Lipinski definition) is 2. The molecule has 114 valence electrons. The summed E-state index contributed by atoms with van der Waals surface area (Å²) in [6.45, 7) is 7.28. The minimum absolute atomic E-state index is 0.0362. The summed E-state index contributed by atoms with van der Waals surface area (Å²) in [5.41, 5.74) is 7.66. The Morgan fingerprint density at radius 2 is 1.80 bits per heavy atom. The van der Waals surface area contributed by atoms with Crippen LogP contribution < -0.4 is 11.3 Å². The van der Waals surface area contributed by atoms with E-state index in [2.05, 4.69) is 25.5 Å². The van der Waals surface area contributed by atoms with Crippen molar-refractivity contribution < 1.29 is 0 Å². The number of hydrogen-bond donors (Lipinski definition) is 1. The topological polar surface area (TPSA) is 52.9 Å². The molecule has 0 atom stereocenters. The van der Waals surface area contributed by atoms with E-state index in [1.165, 1.54) is 25.7 Å². The molecule has 1 heterocycles. The van der Waals surface area contributed by atoms with E-state index in [0.29, 0.717) is 17.6 Å². The molecule has 1 saturated carbocycles. The van der Waals surface area contributed by atoms with Gasteiger partial charge >= 0.3 is 0 Å². The molecule has 2 rings (SSSR count). The molecule has 0 amide bonds. The van der Waals surface area contributed by atoms with Crippen LogP contribution in [-0.2, 0) is 6.54 Å². The van der Waals surface area contributed by atoms with Gasteiger partial charge in [0.25, 0.3) is 5.56 Å². The molecule has 0 saturated heterocycles. The van der Waals surface area contributed by atoms with Crippen molar-refractivity contribution in [3.05, 3.63) is 16.0 Å². The van der Waals surface area contributed by atoms with Crippen LogP contribution in [0.25, 0.3) is 0 Å². The van der Waals surface area contributed by atoms with Gasteiger partial charge in [0.15, 0.2) is 0 Å². The molecule has 20 heavy (non-hydrogen) atoms. The Hall–Kier alpha value is -1.19. The Morgan fingerprint density at radius 1 is 1.20 bits per heavy atom. The summed E-state index contributed by atoms with van der Waals surface area (Å²) in [6.07, 6.45) is 8.31. The molecule has 0 radical (unpaired) electrons. The van der Waals surface area contributed by atoms with Crippen molar-refractivity contribution in [2.75, 3.05) is 5.73 Å². The normalized spacial score (nSPS) is 17.6. The van der Waals surface area contributed by atoms with Crippen molar-refractivity contribution in [3.8, 4) is 0 Å². The molecule has 1 aromatic rings. The lowest BCUT2D eigenvalue weighted by Crippen LogP contribution is -2.28. The zero-order chi connectivity index (χ0) is 14.7. The van der Waals surface area contributed by atoms with E-state index in [1.54, 1.807) is 0 Å². The van der Waals surface area contributed by atoms with Crippen LogP contribution in [0.4, 0.5) is 5.69 Å². The van der Waals surface area contributed by atoms with E-state index in [4.69, 9.17) is 5.73 Å². The first-order valence-corrected chi connectivity index (χ1v) is 8.18. The second-order valence-corrected chi connectivity index (χ2v) is 6.37. The lowest BCUT2D eigenvalue weighted by atomic mass is 10.1. The predicted octanol–water partition coefficient (Wildman–Crippen LogP) is 3.66. The van der Waals surface area contributed by atoms with Crippen molar-refractivity contribution >= 4 is 5.69 Å². The standard InChI is InChI=1S/C16H29N3O/c1-4-11-18-15(12(2)3)14(17)16(20)19(18)13-9-7-5-6-8-10-13/h12-13H,4-11,17H2,1-3H3. The van der Waals surface area contributed by atoms with Crippen LogP contribution in [0.5, 0.6) is 0 Å². The van der Waals surface area contributed by atoms with Crippen molar-refractivity contribution in [2.45, 2.75) is 84.2 Å². The Bertz CT molecular complexity index is 491. The van der Waals surface area contributed by atoms with Crippen molar-refractivity contribution in [2.24, 2.45) is 0 Å². The zero-order valence-corrected chi connectivity index (χ0v) is 13.2. The smallest absolute Gasteiger partial charge is 0.290 e.